The van der Waals surface area contributed by atoms with Crippen LogP contribution in [0.5, 0.6) is 0 Å². The zero-order valence-electron chi connectivity index (χ0n) is 12.5. The standard InChI is InChI=1S/C12H22O11.H2O/c13-1-4-6(16)8(18)9(19)11(21-4)23-12(3-15)10(20)7(17)5(2-14)22-12;/h4-11,13-20H,1-3H2;1H2/t4-,5-,6-,7-,8+,9-,10+,11-,12+;/m1./s1. The minimum absolute atomic E-state index is 0. The van der Waals surface area contributed by atoms with E-state index in [0.29, 0.717) is 0 Å². The van der Waals surface area contributed by atoms with Gasteiger partial charge in [0.05, 0.1) is 13.2 Å². The maximum Gasteiger partial charge on any atom is 0.224 e. The van der Waals surface area contributed by atoms with E-state index in [1.54, 1.807) is 0 Å². The van der Waals surface area contributed by atoms with Crippen LogP contribution in [0.1, 0.15) is 0 Å². The third kappa shape index (κ3) is 3.55. The molecule has 0 unspecified atom stereocenters. The van der Waals surface area contributed by atoms with Crippen LogP contribution < -0.4 is 0 Å². The summed E-state index contributed by atoms with van der Waals surface area (Å²) in [5.41, 5.74) is 0. The second-order valence-electron chi connectivity index (χ2n) is 5.56. The van der Waals surface area contributed by atoms with E-state index in [1.165, 1.54) is 0 Å². The summed E-state index contributed by atoms with van der Waals surface area (Å²) >= 11 is 0. The molecule has 9 atom stereocenters. The lowest BCUT2D eigenvalue weighted by molar-refractivity contribution is -0.383. The number of hydrogen-bond acceptors (Lipinski definition) is 11. The van der Waals surface area contributed by atoms with Gasteiger partial charge in [0, 0.05) is 0 Å². The zero-order chi connectivity index (χ0) is 17.4. The molecule has 24 heavy (non-hydrogen) atoms. The molecule has 0 bridgehead atoms. The minimum Gasteiger partial charge on any atom is -0.412 e. The van der Waals surface area contributed by atoms with Gasteiger partial charge in [-0.25, -0.2) is 0 Å². The van der Waals surface area contributed by atoms with Crippen LogP contribution in [0.3, 0.4) is 0 Å². The van der Waals surface area contributed by atoms with Crippen molar-refractivity contribution in [3.8, 4) is 0 Å². The van der Waals surface area contributed by atoms with Crippen LogP contribution in [0.2, 0.25) is 0 Å². The molecule has 2 saturated heterocycles. The fourth-order valence-electron chi connectivity index (χ4n) is 2.63. The lowest BCUT2D eigenvalue weighted by Crippen LogP contribution is -2.62. The summed E-state index contributed by atoms with van der Waals surface area (Å²) in [6.45, 7) is -2.32. The van der Waals surface area contributed by atoms with Crippen molar-refractivity contribution in [1.82, 2.24) is 0 Å². The second kappa shape index (κ2) is 8.27. The minimum atomic E-state index is -2.22. The number of aliphatic hydroxyl groups is 8. The summed E-state index contributed by atoms with van der Waals surface area (Å²) in [5, 5.41) is 76.7. The van der Waals surface area contributed by atoms with Crippen molar-refractivity contribution in [2.75, 3.05) is 19.8 Å². The molecule has 12 heteroatoms. The molecule has 0 saturated carbocycles. The third-order valence-electron chi connectivity index (χ3n) is 4.07. The second-order valence-corrected chi connectivity index (χ2v) is 5.56. The van der Waals surface area contributed by atoms with Crippen LogP contribution in [0.15, 0.2) is 0 Å². The highest BCUT2D eigenvalue weighted by atomic mass is 16.8. The predicted molar refractivity (Wildman–Crippen MR) is 72.3 cm³/mol. The lowest BCUT2D eigenvalue weighted by Gasteiger charge is -2.43. The molecule has 0 radical (unpaired) electrons. The first-order valence-electron chi connectivity index (χ1n) is 7.05. The Kier molecular flexibility index (Phi) is 7.43. The average Bonchev–Trinajstić information content (AvgIpc) is 2.80. The van der Waals surface area contributed by atoms with Crippen LogP contribution in [-0.4, -0.2) is 121 Å². The molecule has 2 rings (SSSR count). The van der Waals surface area contributed by atoms with Gasteiger partial charge in [-0.3, -0.25) is 0 Å². The van der Waals surface area contributed by atoms with Crippen molar-refractivity contribution in [1.29, 1.82) is 0 Å². The molecule has 144 valence electrons. The van der Waals surface area contributed by atoms with Gasteiger partial charge in [-0.05, 0) is 0 Å². The summed E-state index contributed by atoms with van der Waals surface area (Å²) in [5.74, 6) is -2.22. The van der Waals surface area contributed by atoms with E-state index in [0.717, 1.165) is 0 Å². The average molecular weight is 360 g/mol. The van der Waals surface area contributed by atoms with Crippen molar-refractivity contribution in [3.63, 3.8) is 0 Å². The highest BCUT2D eigenvalue weighted by Gasteiger charge is 2.58. The molecular formula is C12H24O12. The van der Waals surface area contributed by atoms with Crippen molar-refractivity contribution < 1.29 is 60.5 Å². The van der Waals surface area contributed by atoms with E-state index in [-0.39, 0.29) is 5.48 Å². The Labute approximate surface area is 136 Å². The molecule has 0 aromatic heterocycles. The molecule has 2 heterocycles. The number of rotatable bonds is 5. The van der Waals surface area contributed by atoms with Crippen LogP contribution in [0.4, 0.5) is 0 Å². The highest BCUT2D eigenvalue weighted by molar-refractivity contribution is 4.98. The Morgan fingerprint density at radius 3 is 1.83 bits per heavy atom. The fourth-order valence-corrected chi connectivity index (χ4v) is 2.63. The predicted octanol–water partition coefficient (Wildman–Crippen LogP) is -6.22. The van der Waals surface area contributed by atoms with Gasteiger partial charge in [0.15, 0.2) is 6.29 Å². The van der Waals surface area contributed by atoms with E-state index < -0.39 is 74.6 Å². The topological polar surface area (TPSA) is 221 Å². The summed E-state index contributed by atoms with van der Waals surface area (Å²) < 4.78 is 15.4. The Morgan fingerprint density at radius 2 is 1.38 bits per heavy atom. The molecule has 2 aliphatic rings. The van der Waals surface area contributed by atoms with Gasteiger partial charge in [-0.1, -0.05) is 0 Å². The van der Waals surface area contributed by atoms with Gasteiger partial charge in [-0.2, -0.15) is 0 Å². The monoisotopic (exact) mass is 360 g/mol. The van der Waals surface area contributed by atoms with Crippen LogP contribution >= 0.6 is 0 Å². The number of aliphatic hydroxyl groups excluding tert-OH is 8. The van der Waals surface area contributed by atoms with E-state index in [9.17, 15) is 30.6 Å². The Bertz CT molecular complexity index is 394. The van der Waals surface area contributed by atoms with Gasteiger partial charge in [-0.15, -0.1) is 0 Å². The highest BCUT2D eigenvalue weighted by Crippen LogP contribution is 2.35. The van der Waals surface area contributed by atoms with Crippen LogP contribution in [0.25, 0.3) is 0 Å². The van der Waals surface area contributed by atoms with Crippen molar-refractivity contribution >= 4 is 0 Å². The maximum atomic E-state index is 10.00. The van der Waals surface area contributed by atoms with Gasteiger partial charge in [0.25, 0.3) is 0 Å². The van der Waals surface area contributed by atoms with Gasteiger partial charge < -0.3 is 60.5 Å². The molecule has 2 aliphatic heterocycles. The third-order valence-corrected chi connectivity index (χ3v) is 4.07. The molecule has 10 N–H and O–H groups in total. The van der Waals surface area contributed by atoms with Crippen molar-refractivity contribution in [2.45, 2.75) is 54.8 Å². The first-order valence-corrected chi connectivity index (χ1v) is 7.05. The summed E-state index contributed by atoms with van der Waals surface area (Å²) in [6.07, 6.45) is -12.7. The lowest BCUT2D eigenvalue weighted by atomic mass is 9.99. The molecule has 0 amide bonds. The first kappa shape index (κ1) is 21.6. The van der Waals surface area contributed by atoms with Gasteiger partial charge >= 0.3 is 0 Å². The largest absolute Gasteiger partial charge is 0.412 e. The Balaban J connectivity index is 0.00000288. The van der Waals surface area contributed by atoms with Gasteiger partial charge in [0.1, 0.15) is 49.3 Å². The smallest absolute Gasteiger partial charge is 0.224 e. The van der Waals surface area contributed by atoms with Crippen LogP contribution in [0, 0.1) is 0 Å². The molecule has 0 spiro atoms. The van der Waals surface area contributed by atoms with E-state index in [2.05, 4.69) is 0 Å². The van der Waals surface area contributed by atoms with Crippen molar-refractivity contribution in [2.24, 2.45) is 0 Å². The quantitative estimate of drug-likeness (QED) is 0.230. The van der Waals surface area contributed by atoms with E-state index in [1.807, 2.05) is 0 Å². The molecule has 12 nitrogen and oxygen atoms in total. The summed E-state index contributed by atoms with van der Waals surface area (Å²) in [4.78, 5) is 0. The summed E-state index contributed by atoms with van der Waals surface area (Å²) in [7, 11) is 0. The SMILES string of the molecule is O.OC[C@H]1O[C@@](CO)(O[C@H]2O[C@H](CO)[C@@H](O)[C@H](O)[C@H]2O)[C@@H](O)[C@@H]1O. The molecule has 0 aliphatic carbocycles. The fraction of sp³-hybridized carbons (Fsp3) is 1.00. The first-order chi connectivity index (χ1) is 10.8. The van der Waals surface area contributed by atoms with Crippen LogP contribution in [-0.2, 0) is 14.2 Å². The van der Waals surface area contributed by atoms with E-state index >= 15 is 0 Å². The molecular weight excluding hydrogens is 336 g/mol. The number of hydrogen-bond donors (Lipinski definition) is 8. The van der Waals surface area contributed by atoms with Gasteiger partial charge in [0.2, 0.25) is 5.79 Å². The molecule has 0 aromatic carbocycles. The molecule has 0 aromatic rings. The Morgan fingerprint density at radius 1 is 0.792 bits per heavy atom. The number of ether oxygens (including phenoxy) is 3. The normalized spacial score (nSPS) is 49.0. The zero-order valence-corrected chi connectivity index (χ0v) is 12.5. The Hall–Kier alpha value is -0.480. The van der Waals surface area contributed by atoms with E-state index in [4.69, 9.17) is 24.4 Å². The summed E-state index contributed by atoms with van der Waals surface area (Å²) in [6, 6.07) is 0. The molecule has 2 fully saturated rings. The maximum absolute atomic E-state index is 10.00. The van der Waals surface area contributed by atoms with Crippen molar-refractivity contribution in [3.05, 3.63) is 0 Å².